The van der Waals surface area contributed by atoms with Gasteiger partial charge in [-0.2, -0.15) is 13.2 Å². The molecule has 0 fully saturated rings. The second-order valence-electron chi connectivity index (χ2n) is 6.05. The van der Waals surface area contributed by atoms with Gasteiger partial charge in [-0.15, -0.1) is 0 Å². The Labute approximate surface area is 148 Å². The van der Waals surface area contributed by atoms with E-state index < -0.39 is 29.8 Å². The van der Waals surface area contributed by atoms with Gasteiger partial charge in [0.2, 0.25) is 0 Å². The number of carbonyl (C=O) groups is 1. The number of para-hydroxylation sites is 2. The number of carbonyl (C=O) groups excluding carboxylic acids is 1. The van der Waals surface area contributed by atoms with Crippen molar-refractivity contribution in [2.45, 2.75) is 19.1 Å². The van der Waals surface area contributed by atoms with Crippen LogP contribution in [-0.4, -0.2) is 25.0 Å². The number of nitrogens with one attached hydrogen (secondary N) is 1. The maximum atomic E-state index is 13.7. The van der Waals surface area contributed by atoms with Crippen molar-refractivity contribution >= 4 is 23.1 Å². The van der Waals surface area contributed by atoms with Crippen LogP contribution in [0.3, 0.4) is 0 Å². The third-order valence-electron chi connectivity index (χ3n) is 4.27. The normalized spacial score (nSPS) is 19.7. The molecular weight excluding hydrogens is 345 g/mol. The molecule has 2 atom stereocenters. The highest BCUT2D eigenvalue weighted by atomic mass is 19.4. The molecule has 2 unspecified atom stereocenters. The van der Waals surface area contributed by atoms with E-state index in [-0.39, 0.29) is 5.69 Å². The molecule has 2 aromatic rings. The van der Waals surface area contributed by atoms with Crippen molar-refractivity contribution < 1.29 is 22.7 Å². The minimum Gasteiger partial charge on any atom is -0.468 e. The van der Waals surface area contributed by atoms with Crippen molar-refractivity contribution in [3.63, 3.8) is 0 Å². The Balaban J connectivity index is 2.22. The predicted molar refractivity (Wildman–Crippen MR) is 92.6 cm³/mol. The van der Waals surface area contributed by atoms with Crippen molar-refractivity contribution in [1.82, 2.24) is 0 Å². The molecule has 4 nitrogen and oxygen atoms in total. The molecule has 26 heavy (non-hydrogen) atoms. The molecule has 0 amide bonds. The number of ether oxygens (including phenoxy) is 1. The van der Waals surface area contributed by atoms with Gasteiger partial charge in [-0.05, 0) is 24.6 Å². The van der Waals surface area contributed by atoms with Crippen LogP contribution in [0.1, 0.15) is 17.2 Å². The number of hydrogen-bond acceptors (Lipinski definition) is 4. The van der Waals surface area contributed by atoms with Gasteiger partial charge in [0, 0.05) is 0 Å². The summed E-state index contributed by atoms with van der Waals surface area (Å²) in [6, 6.07) is 12.4. The lowest BCUT2D eigenvalue weighted by Gasteiger charge is -2.27. The topological polar surface area (TPSA) is 50.7 Å². The van der Waals surface area contributed by atoms with Crippen molar-refractivity contribution in [1.29, 1.82) is 0 Å². The second-order valence-corrected chi connectivity index (χ2v) is 6.05. The summed E-state index contributed by atoms with van der Waals surface area (Å²) in [6.45, 7) is 1.87. The van der Waals surface area contributed by atoms with E-state index in [1.165, 1.54) is 6.07 Å². The van der Waals surface area contributed by atoms with Crippen LogP contribution in [-0.2, 0) is 9.53 Å². The van der Waals surface area contributed by atoms with Crippen molar-refractivity contribution in [2.24, 2.45) is 10.9 Å². The minimum absolute atomic E-state index is 0.128. The molecule has 1 N–H and O–H groups in total. The van der Waals surface area contributed by atoms with Gasteiger partial charge in [0.05, 0.1) is 24.5 Å². The van der Waals surface area contributed by atoms with Gasteiger partial charge in [-0.25, -0.2) is 4.99 Å². The number of methoxy groups -OCH3 is 1. The molecule has 0 radical (unpaired) electrons. The lowest BCUT2D eigenvalue weighted by Crippen LogP contribution is -2.41. The van der Waals surface area contributed by atoms with E-state index in [4.69, 9.17) is 0 Å². The fourth-order valence-corrected chi connectivity index (χ4v) is 2.97. The molecule has 0 saturated heterocycles. The van der Waals surface area contributed by atoms with Gasteiger partial charge in [-0.3, -0.25) is 4.79 Å². The number of rotatable bonds is 2. The molecule has 0 aliphatic carbocycles. The Bertz CT molecular complexity index is 845. The Hall–Kier alpha value is -2.83. The number of aryl methyl sites for hydroxylation is 1. The number of halogens is 3. The zero-order valence-corrected chi connectivity index (χ0v) is 14.2. The van der Waals surface area contributed by atoms with E-state index in [2.05, 4.69) is 15.0 Å². The van der Waals surface area contributed by atoms with Crippen molar-refractivity contribution in [3.05, 3.63) is 59.7 Å². The van der Waals surface area contributed by atoms with Crippen molar-refractivity contribution in [2.75, 3.05) is 12.4 Å². The van der Waals surface area contributed by atoms with Crippen LogP contribution >= 0.6 is 0 Å². The number of alkyl halides is 3. The molecule has 1 aliphatic heterocycles. The monoisotopic (exact) mass is 362 g/mol. The average molecular weight is 362 g/mol. The minimum atomic E-state index is -4.78. The highest BCUT2D eigenvalue weighted by Gasteiger charge is 2.49. The van der Waals surface area contributed by atoms with Gasteiger partial charge in [0.25, 0.3) is 0 Å². The summed E-state index contributed by atoms with van der Waals surface area (Å²) in [7, 11) is 1.07. The van der Waals surface area contributed by atoms with E-state index in [1.54, 1.807) is 42.5 Å². The fourth-order valence-electron chi connectivity index (χ4n) is 2.97. The summed E-state index contributed by atoms with van der Waals surface area (Å²) in [4.78, 5) is 16.1. The first kappa shape index (κ1) is 18.0. The number of aliphatic imine (C=N–C) groups is 1. The van der Waals surface area contributed by atoms with Crippen LogP contribution < -0.4 is 5.32 Å². The van der Waals surface area contributed by atoms with E-state index in [1.807, 2.05) is 6.92 Å². The SMILES string of the molecule is COC(=O)C1C(C(F)(F)F)=Nc2ccccc2NC1c1ccc(C)cc1. The summed E-state index contributed by atoms with van der Waals surface area (Å²) in [6.07, 6.45) is -4.78. The predicted octanol–water partition coefficient (Wildman–Crippen LogP) is 4.59. The Morgan fingerprint density at radius 2 is 1.77 bits per heavy atom. The van der Waals surface area contributed by atoms with Crippen LogP contribution in [0.2, 0.25) is 0 Å². The van der Waals surface area contributed by atoms with Crippen LogP contribution in [0.15, 0.2) is 53.5 Å². The third kappa shape index (κ3) is 3.42. The molecular formula is C19H17F3N2O2. The van der Waals surface area contributed by atoms with E-state index in [0.717, 1.165) is 12.7 Å². The first-order valence-corrected chi connectivity index (χ1v) is 7.97. The number of anilines is 1. The Morgan fingerprint density at radius 1 is 1.12 bits per heavy atom. The molecule has 0 saturated carbocycles. The molecule has 7 heteroatoms. The molecule has 0 bridgehead atoms. The van der Waals surface area contributed by atoms with Gasteiger partial charge < -0.3 is 10.1 Å². The fraction of sp³-hybridized carbons (Fsp3) is 0.263. The smallest absolute Gasteiger partial charge is 0.430 e. The number of nitrogens with zero attached hydrogens (tertiary/aromatic N) is 1. The number of esters is 1. The molecule has 0 spiro atoms. The van der Waals surface area contributed by atoms with E-state index in [0.29, 0.717) is 11.3 Å². The lowest BCUT2D eigenvalue weighted by atomic mass is 9.88. The summed E-state index contributed by atoms with van der Waals surface area (Å²) in [5.41, 5.74) is 0.878. The van der Waals surface area contributed by atoms with E-state index >= 15 is 0 Å². The molecule has 2 aromatic carbocycles. The lowest BCUT2D eigenvalue weighted by molar-refractivity contribution is -0.145. The summed E-state index contributed by atoms with van der Waals surface area (Å²) >= 11 is 0. The number of fused-ring (bicyclic) bond motifs is 1. The molecule has 3 rings (SSSR count). The van der Waals surface area contributed by atoms with Crippen LogP contribution in [0.5, 0.6) is 0 Å². The zero-order chi connectivity index (χ0) is 18.9. The standard InChI is InChI=1S/C19H17F3N2O2/c1-11-7-9-12(10-8-11)16-15(18(25)26-2)17(19(20,21)22)24-14-6-4-3-5-13(14)23-16/h3-10,15-16,23H,1-2H3. The van der Waals surface area contributed by atoms with Gasteiger partial charge in [0.1, 0.15) is 11.6 Å². The van der Waals surface area contributed by atoms with Gasteiger partial charge in [0.15, 0.2) is 0 Å². The quantitative estimate of drug-likeness (QED) is 0.795. The maximum absolute atomic E-state index is 13.7. The van der Waals surface area contributed by atoms with Crippen LogP contribution in [0.25, 0.3) is 0 Å². The Morgan fingerprint density at radius 3 is 2.38 bits per heavy atom. The number of hydrogen-bond donors (Lipinski definition) is 1. The third-order valence-corrected chi connectivity index (χ3v) is 4.27. The zero-order valence-electron chi connectivity index (χ0n) is 14.2. The summed E-state index contributed by atoms with van der Waals surface area (Å²) in [5.74, 6) is -2.62. The largest absolute Gasteiger partial charge is 0.468 e. The summed E-state index contributed by atoms with van der Waals surface area (Å²) in [5, 5.41) is 3.05. The Kier molecular flexibility index (Phi) is 4.71. The van der Waals surface area contributed by atoms with E-state index in [9.17, 15) is 18.0 Å². The highest BCUT2D eigenvalue weighted by molar-refractivity contribution is 6.08. The number of benzene rings is 2. The average Bonchev–Trinajstić information content (AvgIpc) is 2.78. The molecule has 1 aliphatic rings. The summed E-state index contributed by atoms with van der Waals surface area (Å²) < 4.78 is 45.9. The van der Waals surface area contributed by atoms with Gasteiger partial charge in [-0.1, -0.05) is 42.0 Å². The van der Waals surface area contributed by atoms with Gasteiger partial charge >= 0.3 is 12.1 Å². The first-order valence-electron chi connectivity index (χ1n) is 7.97. The van der Waals surface area contributed by atoms with Crippen LogP contribution in [0.4, 0.5) is 24.5 Å². The van der Waals surface area contributed by atoms with Crippen molar-refractivity contribution in [3.8, 4) is 0 Å². The maximum Gasteiger partial charge on any atom is 0.430 e. The first-order chi connectivity index (χ1) is 12.3. The van der Waals surface area contributed by atoms with Crippen LogP contribution in [0, 0.1) is 12.8 Å². The second kappa shape index (κ2) is 6.82. The highest BCUT2D eigenvalue weighted by Crippen LogP contribution is 2.41. The molecule has 136 valence electrons. The molecule has 0 aromatic heterocycles. The molecule has 1 heterocycles.